The van der Waals surface area contributed by atoms with E-state index < -0.39 is 0 Å². The topological polar surface area (TPSA) is 27.1 Å². The molecule has 0 saturated heterocycles. The number of nitrogens with zero attached hydrogens (tertiary/aromatic N) is 1. The van der Waals surface area contributed by atoms with Crippen molar-refractivity contribution in [3.8, 4) is 0 Å². The molecule has 0 aliphatic heterocycles. The second-order valence-corrected chi connectivity index (χ2v) is 3.12. The zero-order chi connectivity index (χ0) is 7.56. The predicted octanol–water partition coefficient (Wildman–Crippen LogP) is 1.72. The van der Waals surface area contributed by atoms with Crippen LogP contribution in [0.25, 0.3) is 0 Å². The first-order chi connectivity index (χ1) is 4.74. The van der Waals surface area contributed by atoms with Gasteiger partial charge in [-0.1, -0.05) is 6.92 Å². The van der Waals surface area contributed by atoms with Gasteiger partial charge >= 0.3 is 0 Å². The van der Waals surface area contributed by atoms with Crippen molar-refractivity contribution >= 4 is 5.84 Å². The lowest BCUT2D eigenvalue weighted by Gasteiger charge is -2.18. The molecule has 0 aromatic rings. The van der Waals surface area contributed by atoms with Gasteiger partial charge in [0.2, 0.25) is 0 Å². The third-order valence-corrected chi connectivity index (χ3v) is 2.02. The lowest BCUT2D eigenvalue weighted by Crippen LogP contribution is -2.27. The lowest BCUT2D eigenvalue weighted by molar-refractivity contribution is 0.464. The molecular weight excluding hydrogens is 124 g/mol. The minimum absolute atomic E-state index is 0.770. The quantitative estimate of drug-likeness (QED) is 0.469. The first-order valence-corrected chi connectivity index (χ1v) is 4.02. The largest absolute Gasteiger partial charge is 0.363 e. The third kappa shape index (κ3) is 2.01. The highest BCUT2D eigenvalue weighted by Crippen LogP contribution is 2.29. The second kappa shape index (κ2) is 3.04. The van der Waals surface area contributed by atoms with Gasteiger partial charge in [0.15, 0.2) is 0 Å². The summed E-state index contributed by atoms with van der Waals surface area (Å²) >= 11 is 0. The molecule has 0 aromatic carbocycles. The van der Waals surface area contributed by atoms with Gasteiger partial charge in [0.25, 0.3) is 0 Å². The first-order valence-electron chi connectivity index (χ1n) is 4.02. The van der Waals surface area contributed by atoms with Crippen LogP contribution in [-0.2, 0) is 0 Å². The van der Waals surface area contributed by atoms with Gasteiger partial charge < -0.3 is 4.90 Å². The summed E-state index contributed by atoms with van der Waals surface area (Å²) in [4.78, 5) is 2.07. The van der Waals surface area contributed by atoms with Crippen LogP contribution in [0.1, 0.15) is 26.2 Å². The van der Waals surface area contributed by atoms with Gasteiger partial charge in [-0.3, -0.25) is 5.41 Å². The van der Waals surface area contributed by atoms with Gasteiger partial charge in [0.05, 0.1) is 5.84 Å². The summed E-state index contributed by atoms with van der Waals surface area (Å²) in [5.74, 6) is 1.67. The molecule has 0 heterocycles. The fourth-order valence-corrected chi connectivity index (χ4v) is 1.07. The van der Waals surface area contributed by atoms with E-state index in [0.29, 0.717) is 0 Å². The molecule has 0 aromatic heterocycles. The normalized spacial score (nSPS) is 17.0. The summed E-state index contributed by atoms with van der Waals surface area (Å²) in [5, 5.41) is 7.49. The van der Waals surface area contributed by atoms with Crippen LogP contribution in [-0.4, -0.2) is 24.3 Å². The van der Waals surface area contributed by atoms with E-state index in [-0.39, 0.29) is 0 Å². The van der Waals surface area contributed by atoms with Gasteiger partial charge in [0, 0.05) is 20.0 Å². The molecule has 2 heteroatoms. The minimum Gasteiger partial charge on any atom is -0.363 e. The zero-order valence-electron chi connectivity index (χ0n) is 6.85. The molecule has 0 bridgehead atoms. The van der Waals surface area contributed by atoms with Crippen LogP contribution in [0.5, 0.6) is 0 Å². The van der Waals surface area contributed by atoms with E-state index in [1.807, 2.05) is 14.0 Å². The molecule has 0 amide bonds. The van der Waals surface area contributed by atoms with E-state index in [0.717, 1.165) is 24.7 Å². The van der Waals surface area contributed by atoms with Crippen molar-refractivity contribution in [1.82, 2.24) is 4.90 Å². The smallest absolute Gasteiger partial charge is 0.0952 e. The van der Waals surface area contributed by atoms with Crippen molar-refractivity contribution in [3.63, 3.8) is 0 Å². The third-order valence-electron chi connectivity index (χ3n) is 2.02. The maximum Gasteiger partial charge on any atom is 0.0952 e. The van der Waals surface area contributed by atoms with E-state index in [2.05, 4.69) is 4.90 Å². The summed E-state index contributed by atoms with van der Waals surface area (Å²) in [6, 6.07) is 0. The Morgan fingerprint density at radius 3 is 2.60 bits per heavy atom. The molecule has 1 rings (SSSR count). The van der Waals surface area contributed by atoms with Gasteiger partial charge in [-0.2, -0.15) is 0 Å². The molecule has 0 spiro atoms. The molecular formula is C8H16N2. The Morgan fingerprint density at radius 2 is 2.20 bits per heavy atom. The van der Waals surface area contributed by atoms with E-state index in [1.165, 1.54) is 12.8 Å². The fraction of sp³-hybridized carbons (Fsp3) is 0.875. The molecule has 1 N–H and O–H groups in total. The molecule has 2 nitrogen and oxygen atoms in total. The fourth-order valence-electron chi connectivity index (χ4n) is 1.07. The van der Waals surface area contributed by atoms with Crippen LogP contribution >= 0.6 is 0 Å². The monoisotopic (exact) mass is 140 g/mol. The van der Waals surface area contributed by atoms with Crippen molar-refractivity contribution in [3.05, 3.63) is 0 Å². The SMILES string of the molecule is CCC(=N)N(C)CC1CC1. The van der Waals surface area contributed by atoms with Crippen LogP contribution in [0.4, 0.5) is 0 Å². The Hall–Kier alpha value is -0.530. The highest BCUT2D eigenvalue weighted by Gasteiger charge is 2.23. The molecule has 0 radical (unpaired) electrons. The summed E-state index contributed by atoms with van der Waals surface area (Å²) in [6.07, 6.45) is 3.62. The minimum atomic E-state index is 0.770. The van der Waals surface area contributed by atoms with Crippen LogP contribution in [0.3, 0.4) is 0 Å². The van der Waals surface area contributed by atoms with E-state index in [4.69, 9.17) is 5.41 Å². The van der Waals surface area contributed by atoms with E-state index in [1.54, 1.807) is 0 Å². The number of rotatable bonds is 3. The molecule has 1 saturated carbocycles. The number of hydrogen-bond acceptors (Lipinski definition) is 1. The standard InChI is InChI=1S/C8H16N2/c1-3-8(9)10(2)6-7-4-5-7/h7,9H,3-6H2,1-2H3. The van der Waals surface area contributed by atoms with Crippen molar-refractivity contribution in [1.29, 1.82) is 5.41 Å². The zero-order valence-corrected chi connectivity index (χ0v) is 6.85. The Balaban J connectivity index is 2.18. The molecule has 10 heavy (non-hydrogen) atoms. The Labute approximate surface area is 62.7 Å². The number of amidine groups is 1. The van der Waals surface area contributed by atoms with Crippen LogP contribution in [0.15, 0.2) is 0 Å². The van der Waals surface area contributed by atoms with Crippen LogP contribution in [0, 0.1) is 11.3 Å². The molecule has 0 atom stereocenters. The van der Waals surface area contributed by atoms with Crippen LogP contribution < -0.4 is 0 Å². The predicted molar refractivity (Wildman–Crippen MR) is 43.4 cm³/mol. The van der Waals surface area contributed by atoms with Crippen LogP contribution in [0.2, 0.25) is 0 Å². The molecule has 58 valence electrons. The lowest BCUT2D eigenvalue weighted by atomic mass is 10.3. The van der Waals surface area contributed by atoms with Crippen molar-refractivity contribution < 1.29 is 0 Å². The average Bonchev–Trinajstić information content (AvgIpc) is 2.70. The van der Waals surface area contributed by atoms with Gasteiger partial charge in [0.1, 0.15) is 0 Å². The van der Waals surface area contributed by atoms with Crippen molar-refractivity contribution in [2.75, 3.05) is 13.6 Å². The van der Waals surface area contributed by atoms with Crippen molar-refractivity contribution in [2.45, 2.75) is 26.2 Å². The van der Waals surface area contributed by atoms with E-state index in [9.17, 15) is 0 Å². The van der Waals surface area contributed by atoms with Gasteiger partial charge in [-0.15, -0.1) is 0 Å². The molecule has 1 aliphatic carbocycles. The summed E-state index contributed by atoms with van der Waals surface area (Å²) < 4.78 is 0. The molecule has 0 unspecified atom stereocenters. The summed E-state index contributed by atoms with van der Waals surface area (Å²) in [5.41, 5.74) is 0. The molecule has 1 fully saturated rings. The van der Waals surface area contributed by atoms with Gasteiger partial charge in [-0.05, 0) is 18.8 Å². The van der Waals surface area contributed by atoms with E-state index >= 15 is 0 Å². The Bertz CT molecular complexity index is 127. The summed E-state index contributed by atoms with van der Waals surface area (Å²) in [7, 11) is 2.02. The maximum atomic E-state index is 7.49. The number of nitrogens with one attached hydrogen (secondary N) is 1. The molecule has 1 aliphatic rings. The van der Waals surface area contributed by atoms with Crippen molar-refractivity contribution in [2.24, 2.45) is 5.92 Å². The Kier molecular flexibility index (Phi) is 2.30. The second-order valence-electron chi connectivity index (χ2n) is 3.12. The van der Waals surface area contributed by atoms with Gasteiger partial charge in [-0.25, -0.2) is 0 Å². The first kappa shape index (κ1) is 7.58. The number of hydrogen-bond donors (Lipinski definition) is 1. The Morgan fingerprint density at radius 1 is 1.60 bits per heavy atom. The highest BCUT2D eigenvalue weighted by atomic mass is 15.1. The average molecular weight is 140 g/mol. The highest BCUT2D eigenvalue weighted by molar-refractivity contribution is 5.78. The summed E-state index contributed by atoms with van der Waals surface area (Å²) in [6.45, 7) is 3.14. The maximum absolute atomic E-state index is 7.49.